The van der Waals surface area contributed by atoms with Gasteiger partial charge in [0, 0.05) is 11.8 Å². The van der Waals surface area contributed by atoms with E-state index in [1.165, 1.54) is 0 Å². The first-order chi connectivity index (χ1) is 25.4. The van der Waals surface area contributed by atoms with Gasteiger partial charge in [-0.05, 0) is 120 Å². The van der Waals surface area contributed by atoms with E-state index in [2.05, 4.69) is 0 Å². The summed E-state index contributed by atoms with van der Waals surface area (Å²) in [5, 5.41) is 5.42. The van der Waals surface area contributed by atoms with Gasteiger partial charge in [0.2, 0.25) is 0 Å². The van der Waals surface area contributed by atoms with Crippen molar-refractivity contribution in [1.29, 1.82) is 0 Å². The second kappa shape index (κ2) is 14.9. The Labute approximate surface area is 314 Å². The maximum atomic E-state index is 14.3. The number of carbonyl (C=O) groups is 4. The summed E-state index contributed by atoms with van der Waals surface area (Å²) in [6, 6.07) is 0. The Morgan fingerprint density at radius 2 is 1.44 bits per heavy atom. The molecule has 0 aromatic rings. The maximum absolute atomic E-state index is 14.3. The standard InChI is InChI=1S/C38H54F2O13S/c1-35(13-24-6-7-28(42)26(11-24)17-35)32(43)49-20-29-30(21-50-33(44)36-8-2-4-22(14-36)10-25(15-36)19-41)52-31(51-29)27-12-23-5-3-9-37(16-23,18-27)53-34(45)38(39,40)54(46,47)48/h19,22-31,42H,2-18,20-21H2,1H3,(H,46,47,48). The van der Waals surface area contributed by atoms with Crippen molar-refractivity contribution in [2.24, 2.45) is 46.3 Å². The number of ether oxygens (including phenoxy) is 5. The Bertz CT molecular complexity index is 1580. The van der Waals surface area contributed by atoms with Crippen LogP contribution in [0.4, 0.5) is 8.78 Å². The molecule has 1 heterocycles. The Kier molecular flexibility index (Phi) is 11.0. The zero-order valence-electron chi connectivity index (χ0n) is 30.8. The van der Waals surface area contributed by atoms with E-state index in [4.69, 9.17) is 28.2 Å². The minimum Gasteiger partial charge on any atom is -0.462 e. The van der Waals surface area contributed by atoms with Crippen LogP contribution in [0, 0.1) is 46.3 Å². The topological polar surface area (TPSA) is 189 Å². The molecule has 2 N–H and O–H groups in total. The number of aldehydes is 1. The summed E-state index contributed by atoms with van der Waals surface area (Å²) in [6.07, 6.45) is 7.82. The van der Waals surface area contributed by atoms with Gasteiger partial charge in [0.05, 0.1) is 16.9 Å². The zero-order chi connectivity index (χ0) is 38.7. The van der Waals surface area contributed by atoms with Crippen LogP contribution >= 0.6 is 0 Å². The third-order valence-corrected chi connectivity index (χ3v) is 14.9. The van der Waals surface area contributed by atoms with Crippen LogP contribution in [0.3, 0.4) is 0 Å². The van der Waals surface area contributed by atoms with Crippen molar-refractivity contribution in [3.05, 3.63) is 0 Å². The summed E-state index contributed by atoms with van der Waals surface area (Å²) in [5.41, 5.74) is -3.02. The number of aliphatic hydroxyl groups is 1. The first-order valence-electron chi connectivity index (χ1n) is 19.8. The molecular weight excluding hydrogens is 734 g/mol. The fraction of sp³-hybridized carbons (Fsp3) is 0.895. The average Bonchev–Trinajstić information content (AvgIpc) is 3.53. The molecule has 304 valence electrons. The predicted molar refractivity (Wildman–Crippen MR) is 183 cm³/mol. The summed E-state index contributed by atoms with van der Waals surface area (Å²) in [7, 11) is -6.06. The van der Waals surface area contributed by atoms with E-state index in [1.54, 1.807) is 0 Å². The van der Waals surface area contributed by atoms with Crippen LogP contribution in [0.2, 0.25) is 0 Å². The van der Waals surface area contributed by atoms with Gasteiger partial charge < -0.3 is 33.6 Å². The number of esters is 3. The Morgan fingerprint density at radius 3 is 2.13 bits per heavy atom. The van der Waals surface area contributed by atoms with Crippen molar-refractivity contribution in [3.63, 3.8) is 0 Å². The van der Waals surface area contributed by atoms with Gasteiger partial charge in [0.25, 0.3) is 0 Å². The summed E-state index contributed by atoms with van der Waals surface area (Å²) in [6.45, 7) is 1.42. The van der Waals surface area contributed by atoms with Crippen molar-refractivity contribution in [1.82, 2.24) is 0 Å². The highest BCUT2D eigenvalue weighted by molar-refractivity contribution is 7.87. The minimum atomic E-state index is -6.06. The van der Waals surface area contributed by atoms with Crippen LogP contribution in [0.15, 0.2) is 0 Å². The number of aliphatic hydroxyl groups excluding tert-OH is 1. The van der Waals surface area contributed by atoms with Crippen LogP contribution in [-0.2, 0) is 53.0 Å². The molecule has 6 aliphatic carbocycles. The molecular formula is C38H54F2O13S. The molecule has 0 amide bonds. The lowest BCUT2D eigenvalue weighted by atomic mass is 9.59. The number of hydrogen-bond donors (Lipinski definition) is 2. The molecule has 6 saturated carbocycles. The van der Waals surface area contributed by atoms with Gasteiger partial charge in [0.15, 0.2) is 6.29 Å². The summed E-state index contributed by atoms with van der Waals surface area (Å²) >= 11 is 0. The molecule has 6 bridgehead atoms. The number of hydrogen-bond acceptors (Lipinski definition) is 12. The number of alkyl halides is 2. The van der Waals surface area contributed by atoms with E-state index in [0.29, 0.717) is 57.3 Å². The molecule has 7 rings (SSSR count). The number of fused-ring (bicyclic) bond motifs is 6. The number of carbonyl (C=O) groups excluding carboxylic acids is 4. The smallest absolute Gasteiger partial charge is 0.462 e. The minimum absolute atomic E-state index is 0.0135. The maximum Gasteiger partial charge on any atom is 0.465 e. The van der Waals surface area contributed by atoms with Gasteiger partial charge in [-0.15, -0.1) is 0 Å². The van der Waals surface area contributed by atoms with Crippen molar-refractivity contribution in [2.75, 3.05) is 13.2 Å². The number of halogens is 2. The molecule has 13 unspecified atom stereocenters. The third kappa shape index (κ3) is 7.84. The average molecular weight is 789 g/mol. The molecule has 1 aliphatic heterocycles. The van der Waals surface area contributed by atoms with E-state index in [1.807, 2.05) is 6.92 Å². The van der Waals surface area contributed by atoms with E-state index in [-0.39, 0.29) is 56.1 Å². The van der Waals surface area contributed by atoms with Crippen LogP contribution < -0.4 is 0 Å². The van der Waals surface area contributed by atoms with Gasteiger partial charge in [0.1, 0.15) is 37.3 Å². The molecule has 1 saturated heterocycles. The second-order valence-electron chi connectivity index (χ2n) is 18.2. The van der Waals surface area contributed by atoms with Crippen LogP contribution in [0.5, 0.6) is 0 Å². The second-order valence-corrected chi connectivity index (χ2v) is 19.7. The fourth-order valence-corrected chi connectivity index (χ4v) is 12.0. The third-order valence-electron chi connectivity index (χ3n) is 14.1. The van der Waals surface area contributed by atoms with Gasteiger partial charge >= 0.3 is 33.3 Å². The Balaban J connectivity index is 1.06. The van der Waals surface area contributed by atoms with Crippen molar-refractivity contribution in [2.45, 2.75) is 152 Å². The molecule has 13 atom stereocenters. The monoisotopic (exact) mass is 788 g/mol. The van der Waals surface area contributed by atoms with E-state index < -0.39 is 80.2 Å². The lowest BCUT2D eigenvalue weighted by Gasteiger charge is -2.48. The van der Waals surface area contributed by atoms with Crippen molar-refractivity contribution in [3.8, 4) is 0 Å². The quantitative estimate of drug-likeness (QED) is 0.125. The SMILES string of the molecule is CC1(C(=O)OCC2OC(C3CC4CCCC(OC(=O)C(F)(F)S(=O)(=O)O)(C4)C3)OC2COC(=O)C23CCCC(CC(C=O)C2)C3)CC2CCC(O)C(C2)C1. The van der Waals surface area contributed by atoms with Gasteiger partial charge in [-0.2, -0.15) is 17.2 Å². The van der Waals surface area contributed by atoms with Crippen LogP contribution in [0.25, 0.3) is 0 Å². The van der Waals surface area contributed by atoms with Crippen molar-refractivity contribution < 1.29 is 69.7 Å². The Morgan fingerprint density at radius 1 is 0.815 bits per heavy atom. The van der Waals surface area contributed by atoms with Gasteiger partial charge in [-0.3, -0.25) is 14.1 Å². The van der Waals surface area contributed by atoms with E-state index in [9.17, 15) is 41.5 Å². The normalized spacial score (nSPS) is 43.4. The highest BCUT2D eigenvalue weighted by Crippen LogP contribution is 2.53. The first kappa shape index (κ1) is 39.9. The van der Waals surface area contributed by atoms with E-state index >= 15 is 0 Å². The van der Waals surface area contributed by atoms with Crippen molar-refractivity contribution >= 4 is 34.3 Å². The molecule has 16 heteroatoms. The molecule has 7 aliphatic rings. The molecule has 13 nitrogen and oxygen atoms in total. The highest BCUT2D eigenvalue weighted by Gasteiger charge is 2.59. The zero-order valence-corrected chi connectivity index (χ0v) is 31.7. The first-order valence-corrected chi connectivity index (χ1v) is 21.2. The molecule has 7 fully saturated rings. The number of rotatable bonds is 11. The molecule has 0 aromatic carbocycles. The molecule has 54 heavy (non-hydrogen) atoms. The molecule has 0 spiro atoms. The summed E-state index contributed by atoms with van der Waals surface area (Å²) in [5.74, 6) is -3.37. The largest absolute Gasteiger partial charge is 0.465 e. The molecule has 0 radical (unpaired) electrons. The van der Waals surface area contributed by atoms with Crippen LogP contribution in [0.1, 0.15) is 116 Å². The summed E-state index contributed by atoms with van der Waals surface area (Å²) in [4.78, 5) is 51.8. The summed E-state index contributed by atoms with van der Waals surface area (Å²) < 4.78 is 90.3. The van der Waals surface area contributed by atoms with E-state index in [0.717, 1.165) is 44.8 Å². The Hall–Kier alpha value is -2.27. The van der Waals surface area contributed by atoms with Gasteiger partial charge in [-0.25, -0.2) is 4.79 Å². The lowest BCUT2D eigenvalue weighted by Crippen LogP contribution is -2.51. The lowest BCUT2D eigenvalue weighted by molar-refractivity contribution is -0.202. The highest BCUT2D eigenvalue weighted by atomic mass is 32.2. The van der Waals surface area contributed by atoms with Crippen LogP contribution in [-0.4, -0.2) is 90.9 Å². The fourth-order valence-electron chi connectivity index (χ4n) is 11.7. The molecule has 0 aromatic heterocycles. The predicted octanol–water partition coefficient (Wildman–Crippen LogP) is 4.91. The van der Waals surface area contributed by atoms with Gasteiger partial charge in [-0.1, -0.05) is 19.3 Å².